The van der Waals surface area contributed by atoms with Crippen LogP contribution in [0.3, 0.4) is 0 Å². The van der Waals surface area contributed by atoms with E-state index in [1.54, 1.807) is 6.07 Å². The van der Waals surface area contributed by atoms with E-state index in [9.17, 15) is 9.90 Å². The largest absolute Gasteiger partial charge is 0.480 e. The van der Waals surface area contributed by atoms with Gasteiger partial charge in [-0.2, -0.15) is 0 Å². The summed E-state index contributed by atoms with van der Waals surface area (Å²) in [4.78, 5) is 14.0. The van der Waals surface area contributed by atoms with Crippen molar-refractivity contribution in [2.75, 3.05) is 13.6 Å². The first kappa shape index (κ1) is 22.5. The molecule has 0 bridgehead atoms. The van der Waals surface area contributed by atoms with Crippen LogP contribution in [0.1, 0.15) is 31.2 Å². The Kier molecular flexibility index (Phi) is 7.98. The Balaban J connectivity index is 2.00. The number of carbonyl (C=O) groups is 1. The van der Waals surface area contributed by atoms with Gasteiger partial charge in [0.15, 0.2) is 0 Å². The molecule has 1 saturated carbocycles. The second-order valence-electron chi connectivity index (χ2n) is 7.69. The standard InChI is InChI=1S/C18H27BCl2N2O4/c1-23(10-13-3-5-15(20)16(21)8-13)11-14-4-2-12(6-7-19(26)27)9-18(14,22)17(24)25/h3,5,8,12,14,26-27H,2,4,6-7,9-11,22H2,1H3,(H,24,25). The van der Waals surface area contributed by atoms with Gasteiger partial charge in [-0.15, -0.1) is 0 Å². The maximum atomic E-state index is 11.9. The Morgan fingerprint density at radius 3 is 2.63 bits per heavy atom. The molecule has 9 heteroatoms. The lowest BCUT2D eigenvalue weighted by Crippen LogP contribution is -2.59. The van der Waals surface area contributed by atoms with E-state index in [0.717, 1.165) is 12.0 Å². The van der Waals surface area contributed by atoms with Crippen LogP contribution in [0, 0.1) is 11.8 Å². The van der Waals surface area contributed by atoms with Crippen molar-refractivity contribution in [3.05, 3.63) is 33.8 Å². The number of hydrogen-bond acceptors (Lipinski definition) is 5. The van der Waals surface area contributed by atoms with Crippen LogP contribution in [-0.2, 0) is 11.3 Å². The molecule has 1 aliphatic carbocycles. The average Bonchev–Trinajstić information content (AvgIpc) is 2.58. The normalized spacial score (nSPS) is 25.6. The second-order valence-corrected chi connectivity index (χ2v) is 8.51. The number of nitrogens with zero attached hydrogens (tertiary/aromatic N) is 1. The first-order chi connectivity index (χ1) is 12.6. The number of hydrogen-bond donors (Lipinski definition) is 4. The molecule has 5 N–H and O–H groups in total. The molecule has 150 valence electrons. The summed E-state index contributed by atoms with van der Waals surface area (Å²) in [7, 11) is 0.566. The number of benzene rings is 1. The number of rotatable bonds is 8. The fourth-order valence-electron chi connectivity index (χ4n) is 3.98. The van der Waals surface area contributed by atoms with E-state index in [1.165, 1.54) is 0 Å². The predicted octanol–water partition coefficient (Wildman–Crippen LogP) is 2.49. The first-order valence-electron chi connectivity index (χ1n) is 9.12. The Morgan fingerprint density at radius 2 is 2.04 bits per heavy atom. The third kappa shape index (κ3) is 6.08. The van der Waals surface area contributed by atoms with Crippen LogP contribution in [-0.4, -0.2) is 52.3 Å². The molecule has 1 fully saturated rings. The van der Waals surface area contributed by atoms with E-state index in [0.29, 0.717) is 42.4 Å². The summed E-state index contributed by atoms with van der Waals surface area (Å²) in [5.41, 5.74) is 6.02. The lowest BCUT2D eigenvalue weighted by molar-refractivity contribution is -0.148. The molecule has 0 aliphatic heterocycles. The summed E-state index contributed by atoms with van der Waals surface area (Å²) in [6, 6.07) is 5.46. The summed E-state index contributed by atoms with van der Waals surface area (Å²) < 4.78 is 0. The fraction of sp³-hybridized carbons (Fsp3) is 0.611. The van der Waals surface area contributed by atoms with E-state index in [-0.39, 0.29) is 18.2 Å². The molecule has 3 atom stereocenters. The van der Waals surface area contributed by atoms with E-state index >= 15 is 0 Å². The topological polar surface area (TPSA) is 107 Å². The molecular formula is C18H27BCl2N2O4. The molecule has 0 heterocycles. The smallest absolute Gasteiger partial charge is 0.451 e. The highest BCUT2D eigenvalue weighted by Gasteiger charge is 2.47. The lowest BCUT2D eigenvalue weighted by atomic mass is 9.66. The molecule has 0 amide bonds. The molecule has 0 aromatic heterocycles. The molecule has 3 unspecified atom stereocenters. The number of nitrogens with two attached hydrogens (primary N) is 1. The van der Waals surface area contributed by atoms with Gasteiger partial charge in [-0.1, -0.05) is 35.7 Å². The molecular weight excluding hydrogens is 390 g/mol. The van der Waals surface area contributed by atoms with Gasteiger partial charge in [-0.3, -0.25) is 4.79 Å². The lowest BCUT2D eigenvalue weighted by Gasteiger charge is -2.43. The quantitative estimate of drug-likeness (QED) is 0.485. The number of aliphatic carboxylic acids is 1. The van der Waals surface area contributed by atoms with Gasteiger partial charge in [0.1, 0.15) is 5.54 Å². The highest BCUT2D eigenvalue weighted by Crippen LogP contribution is 2.38. The van der Waals surface area contributed by atoms with Crippen molar-refractivity contribution in [1.29, 1.82) is 0 Å². The summed E-state index contributed by atoms with van der Waals surface area (Å²) >= 11 is 12.0. The molecule has 2 rings (SSSR count). The van der Waals surface area contributed by atoms with Crippen LogP contribution in [0.2, 0.25) is 16.4 Å². The predicted molar refractivity (Wildman–Crippen MR) is 108 cm³/mol. The molecule has 0 radical (unpaired) electrons. The van der Waals surface area contributed by atoms with Crippen LogP contribution in [0.5, 0.6) is 0 Å². The molecule has 0 saturated heterocycles. The number of carboxylic acid groups (broad SMARTS) is 1. The SMILES string of the molecule is CN(Cc1ccc(Cl)c(Cl)c1)CC1CCC(CCB(O)O)CC1(N)C(=O)O. The fourth-order valence-corrected chi connectivity index (χ4v) is 4.30. The van der Waals surface area contributed by atoms with Crippen LogP contribution >= 0.6 is 23.2 Å². The highest BCUT2D eigenvalue weighted by atomic mass is 35.5. The minimum atomic E-state index is -1.36. The average molecular weight is 417 g/mol. The summed E-state index contributed by atoms with van der Waals surface area (Å²) in [6.07, 6.45) is 2.68. The highest BCUT2D eigenvalue weighted by molar-refractivity contribution is 6.42. The van der Waals surface area contributed by atoms with Gasteiger partial charge in [-0.05, 0) is 56.2 Å². The Morgan fingerprint density at radius 1 is 1.33 bits per heavy atom. The van der Waals surface area contributed by atoms with Crippen molar-refractivity contribution < 1.29 is 19.9 Å². The number of carboxylic acids is 1. The second kappa shape index (κ2) is 9.59. The maximum Gasteiger partial charge on any atom is 0.451 e. The third-order valence-electron chi connectivity index (χ3n) is 5.48. The van der Waals surface area contributed by atoms with Crippen LogP contribution < -0.4 is 5.73 Å². The summed E-state index contributed by atoms with van der Waals surface area (Å²) in [6.45, 7) is 1.17. The van der Waals surface area contributed by atoms with E-state index in [1.807, 2.05) is 24.1 Å². The molecule has 6 nitrogen and oxygen atoms in total. The van der Waals surface area contributed by atoms with Crippen molar-refractivity contribution in [2.45, 2.75) is 44.1 Å². The minimum Gasteiger partial charge on any atom is -0.480 e. The van der Waals surface area contributed by atoms with Gasteiger partial charge in [0, 0.05) is 19.0 Å². The molecule has 0 spiro atoms. The molecule has 1 aliphatic rings. The van der Waals surface area contributed by atoms with Crippen LogP contribution in [0.15, 0.2) is 18.2 Å². The van der Waals surface area contributed by atoms with Crippen molar-refractivity contribution in [3.8, 4) is 0 Å². The number of halogens is 2. The Bertz CT molecular complexity index is 664. The minimum absolute atomic E-state index is 0.0875. The summed E-state index contributed by atoms with van der Waals surface area (Å²) in [5.74, 6) is -1.09. The zero-order valence-corrected chi connectivity index (χ0v) is 17.0. The Hall–Kier alpha value is -0.825. The molecule has 1 aromatic rings. The molecule has 27 heavy (non-hydrogen) atoms. The van der Waals surface area contributed by atoms with Crippen LogP contribution in [0.25, 0.3) is 0 Å². The van der Waals surface area contributed by atoms with Crippen molar-refractivity contribution in [2.24, 2.45) is 17.6 Å². The van der Waals surface area contributed by atoms with Gasteiger partial charge >= 0.3 is 13.1 Å². The van der Waals surface area contributed by atoms with Gasteiger partial charge in [0.25, 0.3) is 0 Å². The Labute approximate surface area is 170 Å². The van der Waals surface area contributed by atoms with Crippen molar-refractivity contribution in [1.82, 2.24) is 4.90 Å². The van der Waals surface area contributed by atoms with E-state index in [2.05, 4.69) is 0 Å². The van der Waals surface area contributed by atoms with Crippen molar-refractivity contribution >= 4 is 36.3 Å². The summed E-state index contributed by atoms with van der Waals surface area (Å²) in [5, 5.41) is 28.9. The third-order valence-corrected chi connectivity index (χ3v) is 6.22. The maximum absolute atomic E-state index is 11.9. The zero-order valence-electron chi connectivity index (χ0n) is 15.4. The van der Waals surface area contributed by atoms with Gasteiger partial charge in [0.2, 0.25) is 0 Å². The van der Waals surface area contributed by atoms with Gasteiger partial charge in [-0.25, -0.2) is 0 Å². The van der Waals surface area contributed by atoms with Gasteiger partial charge < -0.3 is 25.8 Å². The molecule has 1 aromatic carbocycles. The van der Waals surface area contributed by atoms with E-state index < -0.39 is 18.6 Å². The van der Waals surface area contributed by atoms with Crippen molar-refractivity contribution in [3.63, 3.8) is 0 Å². The van der Waals surface area contributed by atoms with E-state index in [4.69, 9.17) is 39.0 Å². The first-order valence-corrected chi connectivity index (χ1v) is 9.88. The van der Waals surface area contributed by atoms with Gasteiger partial charge in [0.05, 0.1) is 10.0 Å². The van der Waals surface area contributed by atoms with Crippen LogP contribution in [0.4, 0.5) is 0 Å². The monoisotopic (exact) mass is 416 g/mol. The zero-order chi connectivity index (χ0) is 20.2.